The van der Waals surface area contributed by atoms with Crippen molar-refractivity contribution in [2.45, 2.75) is 0 Å². The van der Waals surface area contributed by atoms with Crippen molar-refractivity contribution in [1.82, 2.24) is 3.96 Å². The second-order valence-corrected chi connectivity index (χ2v) is 3.93. The molecule has 0 atom stereocenters. The summed E-state index contributed by atoms with van der Waals surface area (Å²) in [7, 11) is 7.01. The van der Waals surface area contributed by atoms with Crippen molar-refractivity contribution in [3.05, 3.63) is 28.3 Å². The summed E-state index contributed by atoms with van der Waals surface area (Å²) in [4.78, 5) is 11.4. The van der Waals surface area contributed by atoms with Gasteiger partial charge in [0.2, 0.25) is 0 Å². The van der Waals surface area contributed by atoms with Crippen LogP contribution < -0.4 is 11.0 Å². The molecule has 1 aromatic heterocycles. The van der Waals surface area contributed by atoms with Crippen LogP contribution in [0.3, 0.4) is 0 Å². The molecule has 0 saturated heterocycles. The van der Waals surface area contributed by atoms with Crippen molar-refractivity contribution in [2.24, 2.45) is 7.05 Å². The first-order valence-corrected chi connectivity index (χ1v) is 4.42. The van der Waals surface area contributed by atoms with E-state index in [1.165, 1.54) is 27.6 Å². The Balaban J connectivity index is 2.97. The summed E-state index contributed by atoms with van der Waals surface area (Å²) >= 11 is 1.26. The number of hydrogen-bond acceptors (Lipinski definition) is 2. The Morgan fingerprint density at radius 3 is 2.92 bits per heavy atom. The van der Waals surface area contributed by atoms with Gasteiger partial charge in [0.1, 0.15) is 13.7 Å². The topological polar surface area (TPSA) is 22.0 Å². The zero-order valence-electron chi connectivity index (χ0n) is 6.87. The highest BCUT2D eigenvalue weighted by molar-refractivity contribution is 7.13. The van der Waals surface area contributed by atoms with E-state index in [1.807, 2.05) is 0 Å². The average molecular weight is 193 g/mol. The molecule has 0 bridgehead atoms. The van der Waals surface area contributed by atoms with E-state index in [9.17, 15) is 9.18 Å². The molecule has 13 heavy (non-hydrogen) atoms. The van der Waals surface area contributed by atoms with E-state index in [0.29, 0.717) is 10.1 Å². The van der Waals surface area contributed by atoms with Gasteiger partial charge in [0, 0.05) is 7.05 Å². The predicted octanol–water partition coefficient (Wildman–Crippen LogP) is 0.533. The summed E-state index contributed by atoms with van der Waals surface area (Å²) in [5.41, 5.74) is -0.103. The van der Waals surface area contributed by atoms with Gasteiger partial charge in [-0.3, -0.25) is 8.75 Å². The molecule has 64 valence electrons. The van der Waals surface area contributed by atoms with Gasteiger partial charge in [0.05, 0.1) is 10.1 Å². The lowest BCUT2D eigenvalue weighted by Gasteiger charge is -1.93. The maximum absolute atomic E-state index is 13.0. The van der Waals surface area contributed by atoms with E-state index in [1.54, 1.807) is 7.05 Å². The molecule has 0 fully saturated rings. The summed E-state index contributed by atoms with van der Waals surface area (Å²) in [5, 5.41) is 0.388. The number of nitrogens with zero attached hydrogens (tertiary/aromatic N) is 1. The third-order valence-electron chi connectivity index (χ3n) is 1.85. The molecular formula is C8H5BFNOS. The van der Waals surface area contributed by atoms with E-state index >= 15 is 0 Å². The third kappa shape index (κ3) is 1.19. The van der Waals surface area contributed by atoms with Crippen LogP contribution in [0.15, 0.2) is 16.9 Å². The van der Waals surface area contributed by atoms with Crippen LogP contribution in [0.4, 0.5) is 4.39 Å². The molecular weight excluding hydrogens is 188 g/mol. The minimum absolute atomic E-state index is 0.0781. The zero-order chi connectivity index (χ0) is 9.59. The molecule has 2 radical (unpaired) electrons. The molecule has 0 aliphatic carbocycles. The van der Waals surface area contributed by atoms with Crippen LogP contribution in [-0.2, 0) is 7.05 Å². The maximum Gasteiger partial charge on any atom is 0.268 e. The monoisotopic (exact) mass is 193 g/mol. The summed E-state index contributed by atoms with van der Waals surface area (Å²) in [6.07, 6.45) is 0. The highest BCUT2D eigenvalue weighted by Gasteiger charge is 2.07. The number of aryl methyl sites for hydroxylation is 1. The summed E-state index contributed by atoms with van der Waals surface area (Å²) in [6.45, 7) is 0. The molecule has 0 N–H and O–H groups in total. The lowest BCUT2D eigenvalue weighted by molar-refractivity contribution is 0.638. The van der Waals surface area contributed by atoms with Crippen molar-refractivity contribution in [2.75, 3.05) is 0 Å². The van der Waals surface area contributed by atoms with Crippen LogP contribution in [0.25, 0.3) is 10.1 Å². The largest absolute Gasteiger partial charge is 0.268 e. The smallest absolute Gasteiger partial charge is 0.268 e. The predicted molar refractivity (Wildman–Crippen MR) is 52.4 cm³/mol. The molecule has 0 aliphatic rings. The van der Waals surface area contributed by atoms with Crippen LogP contribution >= 0.6 is 11.5 Å². The van der Waals surface area contributed by atoms with E-state index in [2.05, 4.69) is 0 Å². The minimum Gasteiger partial charge on any atom is -0.268 e. The van der Waals surface area contributed by atoms with E-state index < -0.39 is 5.82 Å². The second-order valence-electron chi connectivity index (χ2n) is 2.76. The van der Waals surface area contributed by atoms with Gasteiger partial charge in [0.25, 0.3) is 5.56 Å². The Hall–Kier alpha value is -1.10. The Morgan fingerprint density at radius 2 is 2.23 bits per heavy atom. The van der Waals surface area contributed by atoms with Gasteiger partial charge >= 0.3 is 0 Å². The van der Waals surface area contributed by atoms with Crippen molar-refractivity contribution in [3.63, 3.8) is 0 Å². The highest BCUT2D eigenvalue weighted by Crippen LogP contribution is 2.14. The van der Waals surface area contributed by atoms with Gasteiger partial charge in [-0.15, -0.1) is 0 Å². The number of benzene rings is 1. The van der Waals surface area contributed by atoms with Crippen molar-refractivity contribution in [3.8, 4) is 0 Å². The standard InChI is InChI=1S/C8H5BFNOS/c1-11-8(12)4-2-6(10)5(9)3-7(4)13-11/h2-3H,1H3. The molecule has 0 unspecified atom stereocenters. The second kappa shape index (κ2) is 2.70. The molecule has 2 aromatic rings. The fourth-order valence-corrected chi connectivity index (χ4v) is 2.07. The SMILES string of the molecule is [B]c1cc2sn(C)c(=O)c2cc1F. The Labute approximate surface area is 79.2 Å². The van der Waals surface area contributed by atoms with Crippen LogP contribution in [0.5, 0.6) is 0 Å². The first kappa shape index (κ1) is 8.50. The first-order valence-electron chi connectivity index (χ1n) is 3.64. The molecule has 1 heterocycles. The summed E-state index contributed by atoms with van der Waals surface area (Å²) < 4.78 is 15.1. The zero-order valence-corrected chi connectivity index (χ0v) is 7.69. The van der Waals surface area contributed by atoms with Gasteiger partial charge in [-0.2, -0.15) is 0 Å². The van der Waals surface area contributed by atoms with Gasteiger partial charge in [-0.05, 0) is 12.1 Å². The first-order chi connectivity index (χ1) is 6.09. The van der Waals surface area contributed by atoms with Crippen LogP contribution in [0.2, 0.25) is 0 Å². The molecule has 2 nitrogen and oxygen atoms in total. The van der Waals surface area contributed by atoms with E-state index in [0.717, 1.165) is 0 Å². The molecule has 0 spiro atoms. The third-order valence-corrected chi connectivity index (χ3v) is 2.82. The fraction of sp³-hybridized carbons (Fsp3) is 0.125. The highest BCUT2D eigenvalue weighted by atomic mass is 32.1. The van der Waals surface area contributed by atoms with Crippen LogP contribution in [-0.4, -0.2) is 11.8 Å². The molecule has 5 heteroatoms. The molecule has 0 amide bonds. The fourth-order valence-electron chi connectivity index (χ4n) is 1.17. The Bertz CT molecular complexity index is 531. The normalized spacial score (nSPS) is 10.9. The molecule has 0 saturated carbocycles. The number of fused-ring (bicyclic) bond motifs is 1. The number of hydrogen-bond donors (Lipinski definition) is 0. The van der Waals surface area contributed by atoms with Crippen molar-refractivity contribution < 1.29 is 4.39 Å². The van der Waals surface area contributed by atoms with E-state index in [4.69, 9.17) is 7.85 Å². The maximum atomic E-state index is 13.0. The van der Waals surface area contributed by atoms with Crippen LogP contribution in [0, 0.1) is 5.82 Å². The van der Waals surface area contributed by atoms with Gasteiger partial charge in [-0.1, -0.05) is 17.0 Å². The van der Waals surface area contributed by atoms with Gasteiger partial charge in [-0.25, -0.2) is 4.39 Å². The summed E-state index contributed by atoms with van der Waals surface area (Å²) in [5.74, 6) is -0.539. The Morgan fingerprint density at radius 1 is 1.54 bits per heavy atom. The molecule has 0 aliphatic heterocycles. The quantitative estimate of drug-likeness (QED) is 0.559. The van der Waals surface area contributed by atoms with Crippen molar-refractivity contribution >= 4 is 34.9 Å². The number of halogens is 1. The minimum atomic E-state index is -0.539. The average Bonchev–Trinajstić information content (AvgIpc) is 2.32. The Kier molecular flexibility index (Phi) is 1.77. The molecule has 1 aromatic carbocycles. The number of aromatic nitrogens is 1. The van der Waals surface area contributed by atoms with E-state index in [-0.39, 0.29) is 11.0 Å². The molecule has 2 rings (SSSR count). The lowest BCUT2D eigenvalue weighted by atomic mass is 9.95. The summed E-state index contributed by atoms with van der Waals surface area (Å²) in [6, 6.07) is 2.67. The van der Waals surface area contributed by atoms with Crippen LogP contribution in [0.1, 0.15) is 0 Å². The van der Waals surface area contributed by atoms with Gasteiger partial charge in [0.15, 0.2) is 0 Å². The van der Waals surface area contributed by atoms with Gasteiger partial charge < -0.3 is 0 Å². The lowest BCUT2D eigenvalue weighted by Crippen LogP contribution is -2.11. The van der Waals surface area contributed by atoms with Crippen molar-refractivity contribution in [1.29, 1.82) is 0 Å². The number of rotatable bonds is 0.